The van der Waals surface area contributed by atoms with Gasteiger partial charge in [0.05, 0.1) is 16.3 Å². The summed E-state index contributed by atoms with van der Waals surface area (Å²) in [6.45, 7) is 0. The molecule has 0 heterocycles. The lowest BCUT2D eigenvalue weighted by atomic mass is 10.2. The first-order valence-corrected chi connectivity index (χ1v) is 9.47. The minimum absolute atomic E-state index is 0.302. The zero-order chi connectivity index (χ0) is 19.9. The predicted molar refractivity (Wildman–Crippen MR) is 119 cm³/mol. The van der Waals surface area contributed by atoms with Gasteiger partial charge in [-0.25, -0.2) is 0 Å². The highest BCUT2D eigenvalue weighted by Crippen LogP contribution is 2.23. The first-order chi connectivity index (χ1) is 13.5. The van der Waals surface area contributed by atoms with E-state index in [4.69, 9.17) is 34.8 Å². The van der Waals surface area contributed by atoms with E-state index >= 15 is 0 Å². The second kappa shape index (κ2) is 9.56. The van der Waals surface area contributed by atoms with Crippen LogP contribution in [0, 0.1) is 0 Å². The van der Waals surface area contributed by atoms with Crippen molar-refractivity contribution in [3.63, 3.8) is 0 Å². The molecule has 0 aliphatic rings. The van der Waals surface area contributed by atoms with Crippen LogP contribution in [-0.2, 0) is 0 Å². The van der Waals surface area contributed by atoms with E-state index < -0.39 is 0 Å². The van der Waals surface area contributed by atoms with Crippen molar-refractivity contribution in [1.82, 2.24) is 0 Å². The van der Waals surface area contributed by atoms with Crippen molar-refractivity contribution in [2.45, 2.75) is 0 Å². The highest BCUT2D eigenvalue weighted by molar-refractivity contribution is 6.37. The lowest BCUT2D eigenvalue weighted by Crippen LogP contribution is -2.12. The molecule has 0 saturated carbocycles. The fourth-order valence-corrected chi connectivity index (χ4v) is 2.98. The van der Waals surface area contributed by atoms with Crippen molar-refractivity contribution in [2.24, 2.45) is 4.99 Å². The van der Waals surface area contributed by atoms with E-state index in [2.05, 4.69) is 10.3 Å². The molecule has 3 aromatic rings. The highest BCUT2D eigenvalue weighted by atomic mass is 35.5. The van der Waals surface area contributed by atoms with Crippen LogP contribution in [0.25, 0.3) is 6.08 Å². The van der Waals surface area contributed by atoms with Gasteiger partial charge >= 0.3 is 0 Å². The van der Waals surface area contributed by atoms with Gasteiger partial charge in [0.1, 0.15) is 0 Å². The van der Waals surface area contributed by atoms with Gasteiger partial charge in [0.15, 0.2) is 0 Å². The number of rotatable bonds is 5. The van der Waals surface area contributed by atoms with Gasteiger partial charge in [-0.2, -0.15) is 0 Å². The number of halogens is 3. The smallest absolute Gasteiger partial charge is 0.257 e. The summed E-state index contributed by atoms with van der Waals surface area (Å²) in [5.74, 6) is -0.302. The molecule has 0 atom stereocenters. The Bertz CT molecular complexity index is 1030. The number of carbonyl (C=O) groups excluding carboxylic acids is 1. The third-order valence-electron chi connectivity index (χ3n) is 3.77. The van der Waals surface area contributed by atoms with E-state index in [-0.39, 0.29) is 5.91 Å². The molecule has 0 saturated heterocycles. The Morgan fingerprint density at radius 2 is 1.54 bits per heavy atom. The number of hydrogen-bond acceptors (Lipinski definition) is 2. The first kappa shape index (κ1) is 20.2. The van der Waals surface area contributed by atoms with Gasteiger partial charge in [-0.3, -0.25) is 9.79 Å². The summed E-state index contributed by atoms with van der Waals surface area (Å²) in [4.78, 5) is 16.7. The molecule has 0 spiro atoms. The second-order valence-electron chi connectivity index (χ2n) is 5.81. The lowest BCUT2D eigenvalue weighted by Gasteiger charge is -2.07. The molecule has 1 amide bonds. The number of anilines is 1. The Morgan fingerprint density at radius 3 is 2.21 bits per heavy atom. The Kier molecular flexibility index (Phi) is 6.88. The van der Waals surface area contributed by atoms with Crippen LogP contribution in [-0.4, -0.2) is 12.1 Å². The van der Waals surface area contributed by atoms with E-state index in [1.54, 1.807) is 30.5 Å². The lowest BCUT2D eigenvalue weighted by molar-refractivity contribution is 0.102. The third kappa shape index (κ3) is 5.70. The molecule has 1 N–H and O–H groups in total. The molecular weight excluding hydrogens is 415 g/mol. The number of hydrogen-bond donors (Lipinski definition) is 1. The van der Waals surface area contributed by atoms with Crippen LogP contribution in [0.1, 0.15) is 15.9 Å². The average Bonchev–Trinajstić information content (AvgIpc) is 2.68. The first-order valence-electron chi connectivity index (χ1n) is 8.34. The maximum absolute atomic E-state index is 12.3. The molecule has 28 heavy (non-hydrogen) atoms. The van der Waals surface area contributed by atoms with Gasteiger partial charge in [-0.15, -0.1) is 0 Å². The monoisotopic (exact) mass is 428 g/mol. The van der Waals surface area contributed by atoms with Crippen LogP contribution in [0.15, 0.2) is 77.8 Å². The predicted octanol–water partition coefficient (Wildman–Crippen LogP) is 7.31. The van der Waals surface area contributed by atoms with Crippen LogP contribution in [0.2, 0.25) is 15.1 Å². The van der Waals surface area contributed by atoms with Crippen molar-refractivity contribution in [3.05, 3.63) is 99.0 Å². The van der Waals surface area contributed by atoms with Crippen LogP contribution < -0.4 is 5.32 Å². The molecule has 6 heteroatoms. The molecule has 0 aliphatic heterocycles. The fraction of sp³-hybridized carbons (Fsp3) is 0. The minimum Gasteiger partial charge on any atom is -0.322 e. The number of benzene rings is 3. The molecule has 3 rings (SSSR count). The van der Waals surface area contributed by atoms with Crippen molar-refractivity contribution in [2.75, 3.05) is 5.32 Å². The normalized spacial score (nSPS) is 11.2. The number of carbonyl (C=O) groups is 1. The van der Waals surface area contributed by atoms with Crippen molar-refractivity contribution < 1.29 is 4.79 Å². The van der Waals surface area contributed by atoms with Gasteiger partial charge in [-0.05, 0) is 66.2 Å². The SMILES string of the molecule is O=C(Nc1ccc(N=CC=Cc2ccc(Cl)cc2)cc1)c1ccc(Cl)cc1Cl. The minimum atomic E-state index is -0.302. The highest BCUT2D eigenvalue weighted by Gasteiger charge is 2.10. The Hall–Kier alpha value is -2.59. The summed E-state index contributed by atoms with van der Waals surface area (Å²) in [6, 6.07) is 19.4. The van der Waals surface area contributed by atoms with Gasteiger partial charge < -0.3 is 5.32 Å². The largest absolute Gasteiger partial charge is 0.322 e. The van der Waals surface area contributed by atoms with E-state index in [9.17, 15) is 4.79 Å². The summed E-state index contributed by atoms with van der Waals surface area (Å²) in [5, 5.41) is 4.29. The van der Waals surface area contributed by atoms with Gasteiger partial charge in [-0.1, -0.05) is 53.0 Å². The fourth-order valence-electron chi connectivity index (χ4n) is 2.36. The van der Waals surface area contributed by atoms with E-state index in [0.717, 1.165) is 11.3 Å². The van der Waals surface area contributed by atoms with Crippen LogP contribution in [0.4, 0.5) is 11.4 Å². The van der Waals surface area contributed by atoms with Crippen molar-refractivity contribution in [1.29, 1.82) is 0 Å². The summed E-state index contributed by atoms with van der Waals surface area (Å²) in [5.41, 5.74) is 2.81. The Balaban J connectivity index is 1.60. The van der Waals surface area contributed by atoms with Crippen LogP contribution in [0.3, 0.4) is 0 Å². The standard InChI is InChI=1S/C22H15Cl3N2O/c23-16-5-3-15(4-6-16)2-1-13-26-18-8-10-19(11-9-18)27-22(28)20-12-7-17(24)14-21(20)25/h1-14H,(H,27,28). The average molecular weight is 430 g/mol. The molecule has 3 aromatic carbocycles. The maximum atomic E-state index is 12.3. The molecular formula is C22H15Cl3N2O. The second-order valence-corrected chi connectivity index (χ2v) is 7.09. The molecule has 0 fully saturated rings. The summed E-state index contributed by atoms with van der Waals surface area (Å²) in [6.07, 6.45) is 5.49. The molecule has 0 bridgehead atoms. The maximum Gasteiger partial charge on any atom is 0.257 e. The number of nitrogens with one attached hydrogen (secondary N) is 1. The van der Waals surface area contributed by atoms with E-state index in [1.165, 1.54) is 6.07 Å². The molecule has 3 nitrogen and oxygen atoms in total. The number of allylic oxidation sites excluding steroid dienone is 1. The van der Waals surface area contributed by atoms with Crippen LogP contribution in [0.5, 0.6) is 0 Å². The quantitative estimate of drug-likeness (QED) is 0.424. The van der Waals surface area contributed by atoms with Gasteiger partial charge in [0, 0.05) is 21.9 Å². The molecule has 0 radical (unpaired) electrons. The molecule has 140 valence electrons. The van der Waals surface area contributed by atoms with E-state index in [1.807, 2.05) is 48.6 Å². The molecule has 0 aliphatic carbocycles. The number of amides is 1. The Labute approximate surface area is 178 Å². The summed E-state index contributed by atoms with van der Waals surface area (Å²) in [7, 11) is 0. The van der Waals surface area contributed by atoms with E-state index in [0.29, 0.717) is 26.3 Å². The number of aliphatic imine (C=N–C) groups is 1. The van der Waals surface area contributed by atoms with Crippen molar-refractivity contribution in [3.8, 4) is 0 Å². The topological polar surface area (TPSA) is 41.5 Å². The van der Waals surface area contributed by atoms with Gasteiger partial charge in [0.25, 0.3) is 5.91 Å². The summed E-state index contributed by atoms with van der Waals surface area (Å²) >= 11 is 17.8. The van der Waals surface area contributed by atoms with Crippen molar-refractivity contribution >= 4 is 64.4 Å². The zero-order valence-electron chi connectivity index (χ0n) is 14.6. The molecule has 0 aromatic heterocycles. The van der Waals surface area contributed by atoms with Crippen LogP contribution >= 0.6 is 34.8 Å². The zero-order valence-corrected chi connectivity index (χ0v) is 16.8. The third-order valence-corrected chi connectivity index (χ3v) is 4.57. The summed E-state index contributed by atoms with van der Waals surface area (Å²) < 4.78 is 0. The Morgan fingerprint density at radius 1 is 0.857 bits per heavy atom. The number of nitrogens with zero attached hydrogens (tertiary/aromatic N) is 1. The molecule has 0 unspecified atom stereocenters. The van der Waals surface area contributed by atoms with Gasteiger partial charge in [0.2, 0.25) is 0 Å².